The van der Waals surface area contributed by atoms with E-state index < -0.39 is 0 Å². The molecule has 0 bridgehead atoms. The van der Waals surface area contributed by atoms with Crippen molar-refractivity contribution in [1.29, 1.82) is 0 Å². The van der Waals surface area contributed by atoms with Crippen LogP contribution in [0.1, 0.15) is 50.2 Å². The summed E-state index contributed by atoms with van der Waals surface area (Å²) in [6, 6.07) is 7.00. The number of rotatable bonds is 5. The molecule has 0 saturated heterocycles. The molecule has 1 unspecified atom stereocenters. The van der Waals surface area contributed by atoms with Crippen molar-refractivity contribution in [2.24, 2.45) is 5.92 Å². The average Bonchev–Trinajstić information content (AvgIpc) is 2.46. The first-order chi connectivity index (χ1) is 9.20. The van der Waals surface area contributed by atoms with Gasteiger partial charge in [0.25, 0.3) is 0 Å². The molecule has 0 radical (unpaired) electrons. The number of hydrogen-bond donors (Lipinski definition) is 1. The van der Waals surface area contributed by atoms with Crippen LogP contribution in [-0.4, -0.2) is 13.2 Å². The summed E-state index contributed by atoms with van der Waals surface area (Å²) >= 11 is 0. The van der Waals surface area contributed by atoms with Gasteiger partial charge in [-0.2, -0.15) is 0 Å². The van der Waals surface area contributed by atoms with E-state index in [0.717, 1.165) is 18.2 Å². The van der Waals surface area contributed by atoms with E-state index in [9.17, 15) is 0 Å². The molecule has 1 aromatic rings. The second-order valence-corrected chi connectivity index (χ2v) is 5.88. The molecule has 1 aromatic carbocycles. The summed E-state index contributed by atoms with van der Waals surface area (Å²) in [5.74, 6) is 1.85. The lowest BCUT2D eigenvalue weighted by Gasteiger charge is -2.28. The molecule has 19 heavy (non-hydrogen) atoms. The van der Waals surface area contributed by atoms with Gasteiger partial charge in [-0.3, -0.25) is 0 Å². The van der Waals surface area contributed by atoms with E-state index in [0.29, 0.717) is 6.04 Å². The van der Waals surface area contributed by atoms with Crippen molar-refractivity contribution in [2.45, 2.75) is 58.5 Å². The van der Waals surface area contributed by atoms with Gasteiger partial charge in [-0.25, -0.2) is 0 Å². The Labute approximate surface area is 117 Å². The van der Waals surface area contributed by atoms with Crippen molar-refractivity contribution >= 4 is 0 Å². The minimum atomic E-state index is 0.602. The first kappa shape index (κ1) is 14.4. The Morgan fingerprint density at radius 1 is 1.26 bits per heavy atom. The molecule has 0 aromatic heterocycles. The van der Waals surface area contributed by atoms with Crippen molar-refractivity contribution in [1.82, 2.24) is 5.32 Å². The lowest BCUT2D eigenvalue weighted by atomic mass is 9.84. The van der Waals surface area contributed by atoms with Crippen LogP contribution in [0.3, 0.4) is 0 Å². The molecule has 0 amide bonds. The molecule has 1 N–H and O–H groups in total. The van der Waals surface area contributed by atoms with E-state index >= 15 is 0 Å². The van der Waals surface area contributed by atoms with E-state index in [-0.39, 0.29) is 0 Å². The summed E-state index contributed by atoms with van der Waals surface area (Å²) in [6.07, 6.45) is 7.02. The zero-order valence-electron chi connectivity index (χ0n) is 12.5. The second kappa shape index (κ2) is 6.95. The maximum atomic E-state index is 5.44. The van der Waals surface area contributed by atoms with Crippen molar-refractivity contribution < 1.29 is 4.74 Å². The lowest BCUT2D eigenvalue weighted by Crippen LogP contribution is -2.34. The minimum absolute atomic E-state index is 0.602. The average molecular weight is 261 g/mol. The Morgan fingerprint density at radius 2 is 2.00 bits per heavy atom. The maximum Gasteiger partial charge on any atom is 0.123 e. The molecule has 0 aliphatic heterocycles. The molecular formula is C17H27NO. The van der Waals surface area contributed by atoms with Crippen LogP contribution in [0.15, 0.2) is 18.2 Å². The molecular weight excluding hydrogens is 234 g/mol. The lowest BCUT2D eigenvalue weighted by molar-refractivity contribution is 0.279. The zero-order valence-corrected chi connectivity index (χ0v) is 12.5. The molecule has 1 atom stereocenters. The van der Waals surface area contributed by atoms with Crippen LogP contribution in [-0.2, 0) is 6.54 Å². The first-order valence-electron chi connectivity index (χ1n) is 7.57. The molecule has 106 valence electrons. The van der Waals surface area contributed by atoms with Crippen LogP contribution in [0.5, 0.6) is 5.75 Å². The Kier molecular flexibility index (Phi) is 5.26. The highest BCUT2D eigenvalue weighted by molar-refractivity contribution is 5.36. The molecule has 1 saturated carbocycles. The van der Waals surface area contributed by atoms with Crippen molar-refractivity contribution in [3.63, 3.8) is 0 Å². The second-order valence-electron chi connectivity index (χ2n) is 5.88. The van der Waals surface area contributed by atoms with Gasteiger partial charge in [-0.05, 0) is 38.7 Å². The fourth-order valence-electron chi connectivity index (χ4n) is 3.12. The third-order valence-electron chi connectivity index (χ3n) is 4.41. The molecule has 0 heterocycles. The van der Waals surface area contributed by atoms with E-state index in [1.165, 1.54) is 43.2 Å². The van der Waals surface area contributed by atoms with E-state index in [4.69, 9.17) is 4.74 Å². The Balaban J connectivity index is 1.92. The number of benzene rings is 1. The number of hydrogen-bond acceptors (Lipinski definition) is 2. The zero-order chi connectivity index (χ0) is 13.7. The van der Waals surface area contributed by atoms with Gasteiger partial charge in [0.1, 0.15) is 5.75 Å². The van der Waals surface area contributed by atoms with E-state index in [2.05, 4.69) is 37.4 Å². The highest BCUT2D eigenvalue weighted by atomic mass is 16.5. The molecule has 2 nitrogen and oxygen atoms in total. The van der Waals surface area contributed by atoms with Gasteiger partial charge in [-0.15, -0.1) is 0 Å². The Hall–Kier alpha value is -1.02. The van der Waals surface area contributed by atoms with Gasteiger partial charge in [0, 0.05) is 18.2 Å². The van der Waals surface area contributed by atoms with E-state index in [1.54, 1.807) is 7.11 Å². The van der Waals surface area contributed by atoms with Crippen LogP contribution < -0.4 is 10.1 Å². The largest absolute Gasteiger partial charge is 0.496 e. The van der Waals surface area contributed by atoms with E-state index in [1.807, 2.05) is 0 Å². The van der Waals surface area contributed by atoms with Gasteiger partial charge in [0.05, 0.1) is 7.11 Å². The van der Waals surface area contributed by atoms with Crippen molar-refractivity contribution in [3.05, 3.63) is 29.3 Å². The molecule has 1 aliphatic carbocycles. The summed E-state index contributed by atoms with van der Waals surface area (Å²) in [7, 11) is 1.75. The first-order valence-corrected chi connectivity index (χ1v) is 7.57. The standard InChI is InChI=1S/C17H27NO/c1-13-9-10-17(19-3)16(11-13)12-18-14(2)15-7-5-4-6-8-15/h9-11,14-15,18H,4-8,12H2,1-3H3. The molecule has 2 rings (SSSR count). The SMILES string of the molecule is COc1ccc(C)cc1CNC(C)C1CCCCC1. The summed E-state index contributed by atoms with van der Waals surface area (Å²) < 4.78 is 5.44. The predicted molar refractivity (Wildman–Crippen MR) is 80.6 cm³/mol. The normalized spacial score (nSPS) is 18.3. The number of ether oxygens (including phenoxy) is 1. The van der Waals surface area contributed by atoms with Crippen LogP contribution in [0.4, 0.5) is 0 Å². The topological polar surface area (TPSA) is 21.3 Å². The van der Waals surface area contributed by atoms with Crippen LogP contribution in [0.25, 0.3) is 0 Å². The van der Waals surface area contributed by atoms with Gasteiger partial charge in [0.15, 0.2) is 0 Å². The monoisotopic (exact) mass is 261 g/mol. The molecule has 0 spiro atoms. The summed E-state index contributed by atoms with van der Waals surface area (Å²) in [5.41, 5.74) is 2.56. The van der Waals surface area contributed by atoms with Crippen molar-refractivity contribution in [2.75, 3.05) is 7.11 Å². The van der Waals surface area contributed by atoms with Crippen LogP contribution >= 0.6 is 0 Å². The third-order valence-corrected chi connectivity index (χ3v) is 4.41. The van der Waals surface area contributed by atoms with Crippen molar-refractivity contribution in [3.8, 4) is 5.75 Å². The van der Waals surface area contributed by atoms with Gasteiger partial charge in [0.2, 0.25) is 0 Å². The van der Waals surface area contributed by atoms with Crippen LogP contribution in [0, 0.1) is 12.8 Å². The fraction of sp³-hybridized carbons (Fsp3) is 0.647. The number of nitrogens with one attached hydrogen (secondary N) is 1. The third kappa shape index (κ3) is 3.97. The maximum absolute atomic E-state index is 5.44. The number of aryl methyl sites for hydroxylation is 1. The molecule has 1 fully saturated rings. The molecule has 2 heteroatoms. The van der Waals surface area contributed by atoms with Crippen LogP contribution in [0.2, 0.25) is 0 Å². The minimum Gasteiger partial charge on any atom is -0.496 e. The van der Waals surface area contributed by atoms with Gasteiger partial charge < -0.3 is 10.1 Å². The summed E-state index contributed by atoms with van der Waals surface area (Å²) in [5, 5.41) is 3.69. The predicted octanol–water partition coefficient (Wildman–Crippen LogP) is 4.06. The van der Waals surface area contributed by atoms with Gasteiger partial charge >= 0.3 is 0 Å². The molecule has 1 aliphatic rings. The fourth-order valence-corrected chi connectivity index (χ4v) is 3.12. The van der Waals surface area contributed by atoms with Gasteiger partial charge in [-0.1, -0.05) is 37.0 Å². The Morgan fingerprint density at radius 3 is 2.68 bits per heavy atom. The number of methoxy groups -OCH3 is 1. The Bertz CT molecular complexity index is 396. The summed E-state index contributed by atoms with van der Waals surface area (Å²) in [6.45, 7) is 5.37. The quantitative estimate of drug-likeness (QED) is 0.863. The summed E-state index contributed by atoms with van der Waals surface area (Å²) in [4.78, 5) is 0. The smallest absolute Gasteiger partial charge is 0.123 e. The highest BCUT2D eigenvalue weighted by Crippen LogP contribution is 2.27. The highest BCUT2D eigenvalue weighted by Gasteiger charge is 2.19.